The maximum absolute atomic E-state index is 14.1. The van der Waals surface area contributed by atoms with Crippen molar-refractivity contribution in [3.8, 4) is 11.1 Å². The summed E-state index contributed by atoms with van der Waals surface area (Å²) in [5.74, 6) is -1.08. The van der Waals surface area contributed by atoms with Gasteiger partial charge in [0.2, 0.25) is 0 Å². The van der Waals surface area contributed by atoms with Crippen molar-refractivity contribution in [1.29, 1.82) is 0 Å². The summed E-state index contributed by atoms with van der Waals surface area (Å²) < 4.78 is 28.5. The van der Waals surface area contributed by atoms with Crippen LogP contribution in [0, 0.1) is 17.6 Å². The predicted molar refractivity (Wildman–Crippen MR) is 99.3 cm³/mol. The number of hydrogen-bond acceptors (Lipinski definition) is 2. The third-order valence-corrected chi connectivity index (χ3v) is 6.40. The van der Waals surface area contributed by atoms with Crippen molar-refractivity contribution >= 4 is 21.4 Å². The van der Waals surface area contributed by atoms with Crippen molar-refractivity contribution in [2.24, 2.45) is 5.92 Å². The molecule has 1 nitrogen and oxygen atoms in total. The summed E-state index contributed by atoms with van der Waals surface area (Å²) in [6, 6.07) is 9.44. The Balaban J connectivity index is 1.89. The fourth-order valence-electron chi connectivity index (χ4n) is 3.65. The summed E-state index contributed by atoms with van der Waals surface area (Å²) >= 11 is 1.63. The lowest BCUT2D eigenvalue weighted by atomic mass is 9.86. The van der Waals surface area contributed by atoms with Crippen molar-refractivity contribution in [2.75, 3.05) is 0 Å². The van der Waals surface area contributed by atoms with Gasteiger partial charge < -0.3 is 0 Å². The first-order valence-corrected chi connectivity index (χ1v) is 9.43. The van der Waals surface area contributed by atoms with E-state index in [2.05, 4.69) is 6.92 Å². The Morgan fingerprint density at radius 2 is 2.04 bits per heavy atom. The van der Waals surface area contributed by atoms with E-state index in [1.807, 2.05) is 6.07 Å². The van der Waals surface area contributed by atoms with E-state index in [1.54, 1.807) is 29.5 Å². The number of benzene rings is 2. The van der Waals surface area contributed by atoms with Crippen LogP contribution in [-0.4, -0.2) is 0 Å². The van der Waals surface area contributed by atoms with E-state index in [4.69, 9.17) is 0 Å². The molecule has 0 spiro atoms. The molecule has 4 rings (SSSR count). The number of halogens is 2. The van der Waals surface area contributed by atoms with Gasteiger partial charge in [-0.05, 0) is 48.9 Å². The SMILES string of the molecule is CCC1CCc2c(sc3cc(-c4cccc(F)c4F)ccc3c2=O)C1. The topological polar surface area (TPSA) is 17.1 Å². The second-order valence-electron chi connectivity index (χ2n) is 6.66. The Bertz CT molecular complexity index is 1020. The predicted octanol–water partition coefficient (Wildman–Crippen LogP) is 5.72. The molecule has 0 amide bonds. The minimum Gasteiger partial charge on any atom is -0.289 e. The molecule has 0 fully saturated rings. The Morgan fingerprint density at radius 1 is 1.20 bits per heavy atom. The highest BCUT2D eigenvalue weighted by molar-refractivity contribution is 7.18. The fraction of sp³-hybridized carbons (Fsp3) is 0.286. The standard InChI is InChI=1S/C21H18F2OS/c1-2-12-6-8-15-18(10-12)25-19-11-13(7-9-16(19)21(15)24)14-4-3-5-17(22)20(14)23/h3-5,7,9,11-12H,2,6,8,10H2,1H3. The molecule has 2 aromatic carbocycles. The molecule has 0 saturated heterocycles. The molecule has 0 N–H and O–H groups in total. The van der Waals surface area contributed by atoms with Crippen LogP contribution < -0.4 is 5.43 Å². The molecule has 1 aliphatic carbocycles. The zero-order valence-electron chi connectivity index (χ0n) is 13.9. The van der Waals surface area contributed by atoms with E-state index in [0.29, 0.717) is 16.9 Å². The van der Waals surface area contributed by atoms with Gasteiger partial charge in [0.1, 0.15) is 0 Å². The van der Waals surface area contributed by atoms with E-state index in [-0.39, 0.29) is 11.0 Å². The molecule has 4 heteroatoms. The van der Waals surface area contributed by atoms with Crippen LogP contribution in [0.4, 0.5) is 8.78 Å². The molecule has 1 atom stereocenters. The van der Waals surface area contributed by atoms with Crippen molar-refractivity contribution < 1.29 is 8.78 Å². The average molecular weight is 356 g/mol. The molecule has 1 aliphatic rings. The number of fused-ring (bicyclic) bond motifs is 2. The molecule has 0 saturated carbocycles. The van der Waals surface area contributed by atoms with Crippen LogP contribution in [0.1, 0.15) is 30.2 Å². The zero-order chi connectivity index (χ0) is 17.6. The van der Waals surface area contributed by atoms with Gasteiger partial charge in [0.15, 0.2) is 17.1 Å². The lowest BCUT2D eigenvalue weighted by Gasteiger charge is -2.22. The summed E-state index contributed by atoms with van der Waals surface area (Å²) in [6.45, 7) is 2.18. The van der Waals surface area contributed by atoms with Crippen LogP contribution >= 0.6 is 11.3 Å². The van der Waals surface area contributed by atoms with Crippen molar-refractivity contribution in [3.63, 3.8) is 0 Å². The molecule has 1 unspecified atom stereocenters. The monoisotopic (exact) mass is 356 g/mol. The van der Waals surface area contributed by atoms with Gasteiger partial charge in [-0.15, -0.1) is 11.3 Å². The number of hydrogen-bond donors (Lipinski definition) is 0. The first-order chi connectivity index (χ1) is 12.1. The van der Waals surface area contributed by atoms with E-state index in [0.717, 1.165) is 46.9 Å². The summed E-state index contributed by atoms with van der Waals surface area (Å²) in [7, 11) is 0. The molecule has 3 aromatic rings. The van der Waals surface area contributed by atoms with Crippen LogP contribution in [0.2, 0.25) is 0 Å². The van der Waals surface area contributed by atoms with Gasteiger partial charge in [0, 0.05) is 26.1 Å². The van der Waals surface area contributed by atoms with Crippen LogP contribution in [0.15, 0.2) is 41.2 Å². The van der Waals surface area contributed by atoms with Gasteiger partial charge in [0.05, 0.1) is 0 Å². The minimum absolute atomic E-state index is 0.101. The summed E-state index contributed by atoms with van der Waals surface area (Å²) in [5.41, 5.74) is 1.88. The van der Waals surface area contributed by atoms with Crippen LogP contribution in [0.5, 0.6) is 0 Å². The quantitative estimate of drug-likeness (QED) is 0.574. The van der Waals surface area contributed by atoms with Gasteiger partial charge in [-0.2, -0.15) is 0 Å². The summed E-state index contributed by atoms with van der Waals surface area (Å²) in [4.78, 5) is 14.0. The third-order valence-electron chi connectivity index (χ3n) is 5.19. The largest absolute Gasteiger partial charge is 0.289 e. The van der Waals surface area contributed by atoms with Gasteiger partial charge in [-0.25, -0.2) is 8.78 Å². The third kappa shape index (κ3) is 2.78. The molecule has 1 heterocycles. The van der Waals surface area contributed by atoms with E-state index >= 15 is 0 Å². The lowest BCUT2D eigenvalue weighted by molar-refractivity contribution is 0.448. The van der Waals surface area contributed by atoms with E-state index in [9.17, 15) is 13.6 Å². The first kappa shape index (κ1) is 16.4. The average Bonchev–Trinajstić information content (AvgIpc) is 2.63. The zero-order valence-corrected chi connectivity index (χ0v) is 14.8. The Morgan fingerprint density at radius 3 is 2.84 bits per heavy atom. The number of rotatable bonds is 2. The molecule has 128 valence electrons. The molecule has 0 bridgehead atoms. The van der Waals surface area contributed by atoms with Gasteiger partial charge >= 0.3 is 0 Å². The van der Waals surface area contributed by atoms with Crippen LogP contribution in [0.25, 0.3) is 21.2 Å². The molecule has 0 radical (unpaired) electrons. The summed E-state index contributed by atoms with van der Waals surface area (Å²) in [5, 5.41) is 0.680. The first-order valence-electron chi connectivity index (χ1n) is 8.61. The highest BCUT2D eigenvalue weighted by Gasteiger charge is 2.22. The van der Waals surface area contributed by atoms with Gasteiger partial charge in [0.25, 0.3) is 0 Å². The normalized spacial score (nSPS) is 16.8. The second-order valence-corrected chi connectivity index (χ2v) is 7.80. The van der Waals surface area contributed by atoms with Gasteiger partial charge in [-0.1, -0.05) is 31.5 Å². The van der Waals surface area contributed by atoms with Crippen molar-refractivity contribution in [3.05, 3.63) is 68.7 Å². The molecular formula is C21H18F2OS. The van der Waals surface area contributed by atoms with Crippen molar-refractivity contribution in [1.82, 2.24) is 0 Å². The fourth-order valence-corrected chi connectivity index (χ4v) is 5.01. The molecular weight excluding hydrogens is 338 g/mol. The lowest BCUT2D eigenvalue weighted by Crippen LogP contribution is -2.20. The van der Waals surface area contributed by atoms with Crippen LogP contribution in [0.3, 0.4) is 0 Å². The maximum atomic E-state index is 14.1. The molecule has 25 heavy (non-hydrogen) atoms. The highest BCUT2D eigenvalue weighted by Crippen LogP contribution is 2.34. The second kappa shape index (κ2) is 6.34. The Kier molecular flexibility index (Phi) is 4.16. The summed E-state index contributed by atoms with van der Waals surface area (Å²) in [6.07, 6.45) is 3.98. The highest BCUT2D eigenvalue weighted by atomic mass is 32.1. The Labute approximate surface area is 148 Å². The van der Waals surface area contributed by atoms with E-state index < -0.39 is 11.6 Å². The van der Waals surface area contributed by atoms with Gasteiger partial charge in [-0.3, -0.25) is 4.79 Å². The molecule has 0 aliphatic heterocycles. The Hall–Kier alpha value is -2.07. The minimum atomic E-state index is -0.859. The van der Waals surface area contributed by atoms with Crippen molar-refractivity contribution in [2.45, 2.75) is 32.6 Å². The maximum Gasteiger partial charge on any atom is 0.191 e. The van der Waals surface area contributed by atoms with E-state index in [1.165, 1.54) is 6.07 Å². The molecule has 1 aromatic heterocycles. The smallest absolute Gasteiger partial charge is 0.191 e. The van der Waals surface area contributed by atoms with Crippen LogP contribution in [-0.2, 0) is 12.8 Å².